The van der Waals surface area contributed by atoms with Gasteiger partial charge in [-0.1, -0.05) is 31.0 Å². The number of hydrogen-bond donors (Lipinski definition) is 1. The predicted molar refractivity (Wildman–Crippen MR) is 77.0 cm³/mol. The van der Waals surface area contributed by atoms with E-state index in [1.807, 2.05) is 12.3 Å². The third kappa shape index (κ3) is 3.71. The highest BCUT2D eigenvalue weighted by Gasteiger charge is 2.34. The fourth-order valence-electron chi connectivity index (χ4n) is 2.23. The first kappa shape index (κ1) is 14.4. The van der Waals surface area contributed by atoms with E-state index in [2.05, 4.69) is 16.4 Å². The van der Waals surface area contributed by atoms with Gasteiger partial charge in [-0.3, -0.25) is 4.79 Å². The van der Waals surface area contributed by atoms with Gasteiger partial charge in [0.1, 0.15) is 5.54 Å². The Kier molecular flexibility index (Phi) is 4.83. The molecule has 1 saturated carbocycles. The summed E-state index contributed by atoms with van der Waals surface area (Å²) in [7, 11) is 0. The summed E-state index contributed by atoms with van der Waals surface area (Å²) < 4.78 is 0.886. The third-order valence-corrected chi connectivity index (χ3v) is 5.36. The van der Waals surface area contributed by atoms with Crippen LogP contribution in [0.5, 0.6) is 0 Å². The molecule has 0 saturated heterocycles. The van der Waals surface area contributed by atoms with Gasteiger partial charge < -0.3 is 5.32 Å². The monoisotopic (exact) mass is 295 g/mol. The maximum Gasteiger partial charge on any atom is 0.234 e. The Hall–Kier alpha value is -1.06. The zero-order valence-corrected chi connectivity index (χ0v) is 12.5. The van der Waals surface area contributed by atoms with Crippen LogP contribution in [0.15, 0.2) is 15.9 Å². The summed E-state index contributed by atoms with van der Waals surface area (Å²) in [5.41, 5.74) is -0.646. The van der Waals surface area contributed by atoms with Crippen LogP contribution in [0.25, 0.3) is 0 Å². The van der Waals surface area contributed by atoms with Crippen LogP contribution in [-0.4, -0.2) is 21.7 Å². The number of rotatable bonds is 4. The minimum Gasteiger partial charge on any atom is -0.337 e. The molecular weight excluding hydrogens is 278 g/mol. The molecule has 0 bridgehead atoms. The van der Waals surface area contributed by atoms with Crippen LogP contribution in [0.1, 0.15) is 39.0 Å². The van der Waals surface area contributed by atoms with E-state index >= 15 is 0 Å². The van der Waals surface area contributed by atoms with E-state index < -0.39 is 5.54 Å². The van der Waals surface area contributed by atoms with Gasteiger partial charge in [-0.15, -0.1) is 11.3 Å². The Labute approximate surface area is 121 Å². The predicted octanol–water partition coefficient (Wildman–Crippen LogP) is 2.97. The van der Waals surface area contributed by atoms with E-state index in [1.54, 1.807) is 6.20 Å². The van der Waals surface area contributed by atoms with Crippen molar-refractivity contribution in [2.75, 3.05) is 0 Å². The highest BCUT2D eigenvalue weighted by Crippen LogP contribution is 2.29. The van der Waals surface area contributed by atoms with Crippen molar-refractivity contribution >= 4 is 29.0 Å². The highest BCUT2D eigenvalue weighted by atomic mass is 32.2. The van der Waals surface area contributed by atoms with Crippen molar-refractivity contribution in [2.45, 2.75) is 54.2 Å². The summed E-state index contributed by atoms with van der Waals surface area (Å²) in [5.74, 6) is -0.0661. The molecule has 1 heterocycles. The van der Waals surface area contributed by atoms with E-state index in [0.717, 1.165) is 36.4 Å². The highest BCUT2D eigenvalue weighted by molar-refractivity contribution is 8.02. The standard InChI is InChI=1S/C13H17N3OS2/c1-10(19-12-15-7-8-18-12)11(17)16-13(9-14)5-3-2-4-6-13/h7-8,10H,2-6H2,1H3,(H,16,17). The largest absolute Gasteiger partial charge is 0.337 e. The van der Waals surface area contributed by atoms with Gasteiger partial charge in [0.25, 0.3) is 0 Å². The first-order valence-electron chi connectivity index (χ1n) is 6.45. The SMILES string of the molecule is CC(Sc1nccs1)C(=O)NC1(C#N)CCCCC1. The topological polar surface area (TPSA) is 65.8 Å². The van der Waals surface area contributed by atoms with Gasteiger partial charge >= 0.3 is 0 Å². The van der Waals surface area contributed by atoms with Crippen LogP contribution in [0, 0.1) is 11.3 Å². The van der Waals surface area contributed by atoms with Gasteiger partial charge in [-0.05, 0) is 19.8 Å². The molecule has 1 aromatic heterocycles. The zero-order valence-electron chi connectivity index (χ0n) is 10.9. The fraction of sp³-hybridized carbons (Fsp3) is 0.615. The molecule has 2 rings (SSSR count). The summed E-state index contributed by atoms with van der Waals surface area (Å²) >= 11 is 2.97. The molecule has 1 aliphatic carbocycles. The van der Waals surface area contributed by atoms with Crippen molar-refractivity contribution in [3.63, 3.8) is 0 Å². The van der Waals surface area contributed by atoms with Crippen LogP contribution in [0.4, 0.5) is 0 Å². The summed E-state index contributed by atoms with van der Waals surface area (Å²) in [6.45, 7) is 1.86. The van der Waals surface area contributed by atoms with Crippen molar-refractivity contribution in [1.82, 2.24) is 10.3 Å². The van der Waals surface area contributed by atoms with Crippen LogP contribution in [0.3, 0.4) is 0 Å². The molecule has 1 amide bonds. The van der Waals surface area contributed by atoms with Crippen LogP contribution >= 0.6 is 23.1 Å². The van der Waals surface area contributed by atoms with Gasteiger partial charge in [-0.2, -0.15) is 5.26 Å². The minimum atomic E-state index is -0.646. The van der Waals surface area contributed by atoms with E-state index in [4.69, 9.17) is 0 Å². The maximum absolute atomic E-state index is 12.2. The number of nitrogens with one attached hydrogen (secondary N) is 1. The number of amides is 1. The molecule has 1 fully saturated rings. The quantitative estimate of drug-likeness (QED) is 0.867. The molecule has 4 nitrogen and oxygen atoms in total. The average Bonchev–Trinajstić information content (AvgIpc) is 2.92. The number of thioether (sulfide) groups is 1. The average molecular weight is 295 g/mol. The summed E-state index contributed by atoms with van der Waals surface area (Å²) in [4.78, 5) is 16.4. The molecule has 6 heteroatoms. The minimum absolute atomic E-state index is 0.0661. The Balaban J connectivity index is 1.94. The molecule has 1 N–H and O–H groups in total. The number of nitrogens with zero attached hydrogens (tertiary/aromatic N) is 2. The summed E-state index contributed by atoms with van der Waals surface area (Å²) in [6, 6.07) is 2.31. The molecule has 0 radical (unpaired) electrons. The van der Waals surface area contributed by atoms with Crippen LogP contribution in [0.2, 0.25) is 0 Å². The molecule has 1 atom stereocenters. The van der Waals surface area contributed by atoms with Crippen LogP contribution in [-0.2, 0) is 4.79 Å². The maximum atomic E-state index is 12.2. The molecule has 0 aliphatic heterocycles. The molecule has 1 unspecified atom stereocenters. The lowest BCUT2D eigenvalue weighted by Gasteiger charge is -2.32. The van der Waals surface area contributed by atoms with Crippen molar-refractivity contribution in [1.29, 1.82) is 5.26 Å². The molecular formula is C13H17N3OS2. The normalized spacial score (nSPS) is 19.4. The summed E-state index contributed by atoms with van der Waals surface area (Å²) in [6.07, 6.45) is 6.45. The lowest BCUT2D eigenvalue weighted by molar-refractivity contribution is -0.121. The van der Waals surface area contributed by atoms with Crippen molar-refractivity contribution in [2.24, 2.45) is 0 Å². The molecule has 1 aromatic rings. The molecule has 102 valence electrons. The first-order valence-corrected chi connectivity index (χ1v) is 8.20. The number of thiazole rings is 1. The first-order chi connectivity index (χ1) is 9.15. The second kappa shape index (κ2) is 6.40. The van der Waals surface area contributed by atoms with E-state index in [1.165, 1.54) is 23.1 Å². The second-order valence-electron chi connectivity index (χ2n) is 4.80. The fourth-order valence-corrected chi connectivity index (χ4v) is 4.00. The Morgan fingerprint density at radius 3 is 2.89 bits per heavy atom. The van der Waals surface area contributed by atoms with Crippen molar-refractivity contribution in [3.8, 4) is 6.07 Å². The number of carbonyl (C=O) groups excluding carboxylic acids is 1. The Morgan fingerprint density at radius 2 is 2.32 bits per heavy atom. The smallest absolute Gasteiger partial charge is 0.234 e. The molecule has 0 spiro atoms. The van der Waals surface area contributed by atoms with Gasteiger partial charge in [0.05, 0.1) is 11.3 Å². The lowest BCUT2D eigenvalue weighted by Crippen LogP contribution is -2.50. The molecule has 0 aromatic carbocycles. The van der Waals surface area contributed by atoms with Crippen molar-refractivity contribution in [3.05, 3.63) is 11.6 Å². The zero-order chi connectivity index (χ0) is 13.7. The number of carbonyl (C=O) groups is 1. The number of hydrogen-bond acceptors (Lipinski definition) is 5. The molecule has 19 heavy (non-hydrogen) atoms. The van der Waals surface area contributed by atoms with E-state index in [-0.39, 0.29) is 11.2 Å². The summed E-state index contributed by atoms with van der Waals surface area (Å²) in [5, 5.41) is 14.0. The molecule has 1 aliphatic rings. The lowest BCUT2D eigenvalue weighted by atomic mass is 9.83. The van der Waals surface area contributed by atoms with Crippen molar-refractivity contribution < 1.29 is 4.79 Å². The van der Waals surface area contributed by atoms with Gasteiger partial charge in [0.2, 0.25) is 5.91 Å². The Bertz CT molecular complexity index is 461. The van der Waals surface area contributed by atoms with Gasteiger partial charge in [-0.25, -0.2) is 4.98 Å². The van der Waals surface area contributed by atoms with Crippen LogP contribution < -0.4 is 5.32 Å². The third-order valence-electron chi connectivity index (χ3n) is 3.34. The van der Waals surface area contributed by atoms with Gasteiger partial charge in [0, 0.05) is 11.6 Å². The Morgan fingerprint density at radius 1 is 1.58 bits per heavy atom. The number of nitriles is 1. The van der Waals surface area contributed by atoms with E-state index in [0.29, 0.717) is 0 Å². The number of aromatic nitrogens is 1. The van der Waals surface area contributed by atoms with E-state index in [9.17, 15) is 10.1 Å². The van der Waals surface area contributed by atoms with Gasteiger partial charge in [0.15, 0.2) is 4.34 Å². The second-order valence-corrected chi connectivity index (χ2v) is 7.28.